The van der Waals surface area contributed by atoms with Gasteiger partial charge in [0.25, 0.3) is 0 Å². The van der Waals surface area contributed by atoms with Crippen LogP contribution >= 0.6 is 0 Å². The summed E-state index contributed by atoms with van der Waals surface area (Å²) in [5.41, 5.74) is 0.107. The standard InChI is InChI=1S/C16H30N6O/c1-6-7-8-23-13-9-12(16(13,2)3)21-15(17-4)18-10-14-19-11-20-22(14)5/h11-13H,6-10H2,1-5H3,(H2,17,18,21). The van der Waals surface area contributed by atoms with Crippen LogP contribution in [-0.4, -0.2) is 46.5 Å². The number of ether oxygens (including phenoxy) is 1. The zero-order valence-electron chi connectivity index (χ0n) is 15.0. The Hall–Kier alpha value is -1.63. The van der Waals surface area contributed by atoms with Gasteiger partial charge in [-0.15, -0.1) is 0 Å². The summed E-state index contributed by atoms with van der Waals surface area (Å²) in [4.78, 5) is 8.51. The van der Waals surface area contributed by atoms with Crippen LogP contribution in [-0.2, 0) is 18.3 Å². The van der Waals surface area contributed by atoms with Crippen molar-refractivity contribution < 1.29 is 4.74 Å². The van der Waals surface area contributed by atoms with Crippen LogP contribution in [0, 0.1) is 5.41 Å². The van der Waals surface area contributed by atoms with Gasteiger partial charge in [-0.2, -0.15) is 5.10 Å². The van der Waals surface area contributed by atoms with Crippen LogP contribution in [0.1, 0.15) is 45.9 Å². The summed E-state index contributed by atoms with van der Waals surface area (Å²) >= 11 is 0. The summed E-state index contributed by atoms with van der Waals surface area (Å²) in [7, 11) is 3.67. The molecular formula is C16H30N6O. The van der Waals surface area contributed by atoms with Gasteiger partial charge in [0.1, 0.15) is 12.2 Å². The highest BCUT2D eigenvalue weighted by Gasteiger charge is 2.49. The van der Waals surface area contributed by atoms with Gasteiger partial charge in [-0.25, -0.2) is 4.98 Å². The number of aromatic nitrogens is 3. The normalized spacial score (nSPS) is 23.4. The van der Waals surface area contributed by atoms with E-state index in [1.165, 1.54) is 6.42 Å². The van der Waals surface area contributed by atoms with Crippen molar-refractivity contribution in [1.29, 1.82) is 0 Å². The molecule has 23 heavy (non-hydrogen) atoms. The number of guanidine groups is 1. The lowest BCUT2D eigenvalue weighted by Crippen LogP contribution is -2.63. The second-order valence-corrected chi connectivity index (χ2v) is 6.69. The number of nitrogens with one attached hydrogen (secondary N) is 2. The number of hydrogen-bond donors (Lipinski definition) is 2. The molecule has 0 saturated heterocycles. The van der Waals surface area contributed by atoms with Gasteiger partial charge in [-0.1, -0.05) is 27.2 Å². The molecule has 1 aliphatic carbocycles. The molecular weight excluding hydrogens is 292 g/mol. The monoisotopic (exact) mass is 322 g/mol. The van der Waals surface area contributed by atoms with Crippen molar-refractivity contribution in [2.45, 2.75) is 58.7 Å². The smallest absolute Gasteiger partial charge is 0.191 e. The van der Waals surface area contributed by atoms with E-state index in [4.69, 9.17) is 4.74 Å². The van der Waals surface area contributed by atoms with Crippen molar-refractivity contribution in [3.05, 3.63) is 12.2 Å². The van der Waals surface area contributed by atoms with Crippen molar-refractivity contribution in [2.75, 3.05) is 13.7 Å². The van der Waals surface area contributed by atoms with E-state index in [0.29, 0.717) is 18.7 Å². The highest BCUT2D eigenvalue weighted by atomic mass is 16.5. The predicted molar refractivity (Wildman–Crippen MR) is 91.2 cm³/mol. The Labute approximate surface area is 138 Å². The van der Waals surface area contributed by atoms with Gasteiger partial charge in [-0.3, -0.25) is 9.67 Å². The number of hydrogen-bond acceptors (Lipinski definition) is 4. The zero-order chi connectivity index (χ0) is 16.9. The Morgan fingerprint density at radius 1 is 1.52 bits per heavy atom. The van der Waals surface area contributed by atoms with Crippen LogP contribution in [0.4, 0.5) is 0 Å². The van der Waals surface area contributed by atoms with Crippen molar-refractivity contribution in [2.24, 2.45) is 17.5 Å². The van der Waals surface area contributed by atoms with Crippen LogP contribution in [0.15, 0.2) is 11.3 Å². The second kappa shape index (κ2) is 7.77. The number of unbranched alkanes of at least 4 members (excludes halogenated alkanes) is 1. The summed E-state index contributed by atoms with van der Waals surface area (Å²) in [5.74, 6) is 1.67. The van der Waals surface area contributed by atoms with Gasteiger partial charge in [0, 0.05) is 32.2 Å². The first-order chi connectivity index (χ1) is 11.0. The fraction of sp³-hybridized carbons (Fsp3) is 0.812. The van der Waals surface area contributed by atoms with Crippen LogP contribution in [0.2, 0.25) is 0 Å². The zero-order valence-corrected chi connectivity index (χ0v) is 15.0. The summed E-state index contributed by atoms with van der Waals surface area (Å²) in [5, 5.41) is 10.9. The van der Waals surface area contributed by atoms with E-state index in [1.54, 1.807) is 18.1 Å². The first-order valence-electron chi connectivity index (χ1n) is 8.40. The minimum absolute atomic E-state index is 0.107. The largest absolute Gasteiger partial charge is 0.378 e. The number of rotatable bonds is 7. The van der Waals surface area contributed by atoms with Gasteiger partial charge in [0.2, 0.25) is 0 Å². The topological polar surface area (TPSA) is 76.4 Å². The van der Waals surface area contributed by atoms with E-state index in [2.05, 4.69) is 46.5 Å². The maximum absolute atomic E-state index is 5.99. The summed E-state index contributed by atoms with van der Waals surface area (Å²) < 4.78 is 7.75. The van der Waals surface area contributed by atoms with E-state index >= 15 is 0 Å². The maximum Gasteiger partial charge on any atom is 0.191 e. The molecule has 0 amide bonds. The van der Waals surface area contributed by atoms with Gasteiger partial charge >= 0.3 is 0 Å². The first-order valence-corrected chi connectivity index (χ1v) is 8.40. The van der Waals surface area contributed by atoms with E-state index in [9.17, 15) is 0 Å². The number of nitrogens with zero attached hydrogens (tertiary/aromatic N) is 4. The average Bonchev–Trinajstić information content (AvgIpc) is 2.94. The highest BCUT2D eigenvalue weighted by molar-refractivity contribution is 5.80. The maximum atomic E-state index is 5.99. The third-order valence-electron chi connectivity index (χ3n) is 4.75. The van der Waals surface area contributed by atoms with Gasteiger partial charge < -0.3 is 15.4 Å². The van der Waals surface area contributed by atoms with Crippen molar-refractivity contribution in [3.8, 4) is 0 Å². The minimum atomic E-state index is 0.107. The third-order valence-corrected chi connectivity index (χ3v) is 4.75. The lowest BCUT2D eigenvalue weighted by Gasteiger charge is -2.52. The Bertz CT molecular complexity index is 524. The van der Waals surface area contributed by atoms with Crippen molar-refractivity contribution >= 4 is 5.96 Å². The number of aryl methyl sites for hydroxylation is 1. The molecule has 2 atom stereocenters. The third kappa shape index (κ3) is 4.22. The van der Waals surface area contributed by atoms with Crippen LogP contribution < -0.4 is 10.6 Å². The highest BCUT2D eigenvalue weighted by Crippen LogP contribution is 2.42. The van der Waals surface area contributed by atoms with Crippen LogP contribution in [0.5, 0.6) is 0 Å². The van der Waals surface area contributed by atoms with E-state index < -0.39 is 0 Å². The molecule has 0 spiro atoms. The molecule has 1 fully saturated rings. The minimum Gasteiger partial charge on any atom is -0.378 e. The molecule has 1 saturated carbocycles. The first kappa shape index (κ1) is 17.7. The molecule has 130 valence electrons. The molecule has 1 heterocycles. The van der Waals surface area contributed by atoms with Crippen LogP contribution in [0.25, 0.3) is 0 Å². The Balaban J connectivity index is 1.80. The molecule has 7 nitrogen and oxygen atoms in total. The van der Waals surface area contributed by atoms with Gasteiger partial charge in [0.15, 0.2) is 5.96 Å². The molecule has 1 aromatic heterocycles. The van der Waals surface area contributed by atoms with E-state index in [1.807, 2.05) is 7.05 Å². The summed E-state index contributed by atoms with van der Waals surface area (Å²) in [6.07, 6.45) is 5.20. The van der Waals surface area contributed by atoms with E-state index in [-0.39, 0.29) is 5.41 Å². The Kier molecular flexibility index (Phi) is 5.98. The van der Waals surface area contributed by atoms with Crippen LogP contribution in [0.3, 0.4) is 0 Å². The fourth-order valence-electron chi connectivity index (χ4n) is 2.79. The van der Waals surface area contributed by atoms with E-state index in [0.717, 1.165) is 31.2 Å². The lowest BCUT2D eigenvalue weighted by molar-refractivity contribution is -0.113. The molecule has 1 aliphatic rings. The summed E-state index contributed by atoms with van der Waals surface area (Å²) in [6.45, 7) is 8.14. The lowest BCUT2D eigenvalue weighted by atomic mass is 9.64. The van der Waals surface area contributed by atoms with Gasteiger partial charge in [-0.05, 0) is 12.8 Å². The SMILES string of the molecule is CCCCOC1CC(NC(=NC)NCc2ncnn2C)C1(C)C. The Morgan fingerprint density at radius 3 is 2.87 bits per heavy atom. The molecule has 2 N–H and O–H groups in total. The fourth-order valence-corrected chi connectivity index (χ4v) is 2.79. The molecule has 7 heteroatoms. The molecule has 0 aliphatic heterocycles. The quantitative estimate of drug-likeness (QED) is 0.451. The molecule has 0 bridgehead atoms. The average molecular weight is 322 g/mol. The molecule has 0 aromatic carbocycles. The molecule has 0 radical (unpaired) electrons. The molecule has 2 unspecified atom stereocenters. The summed E-state index contributed by atoms with van der Waals surface area (Å²) in [6, 6.07) is 0.361. The van der Waals surface area contributed by atoms with Crippen molar-refractivity contribution in [1.82, 2.24) is 25.4 Å². The molecule has 1 aromatic rings. The molecule has 2 rings (SSSR count). The second-order valence-electron chi connectivity index (χ2n) is 6.69. The predicted octanol–water partition coefficient (Wildman–Crippen LogP) is 1.46. The Morgan fingerprint density at radius 2 is 2.30 bits per heavy atom. The van der Waals surface area contributed by atoms with Gasteiger partial charge in [0.05, 0.1) is 12.6 Å². The van der Waals surface area contributed by atoms with Crippen molar-refractivity contribution in [3.63, 3.8) is 0 Å². The number of aliphatic imine (C=N–C) groups is 1.